The van der Waals surface area contributed by atoms with Crippen LogP contribution in [0.4, 0.5) is 0 Å². The molecule has 0 saturated carbocycles. The van der Waals surface area contributed by atoms with Crippen molar-refractivity contribution in [3.63, 3.8) is 0 Å². The van der Waals surface area contributed by atoms with Crippen molar-refractivity contribution in [1.29, 1.82) is 0 Å². The van der Waals surface area contributed by atoms with Crippen molar-refractivity contribution in [2.45, 2.75) is 6.42 Å². The molecule has 1 heterocycles. The Morgan fingerprint density at radius 2 is 2.12 bits per heavy atom. The number of hydrogen-bond acceptors (Lipinski definition) is 3. The smallest absolute Gasteiger partial charge is 0.214 e. The number of hydrogen-bond donors (Lipinski definition) is 1. The van der Waals surface area contributed by atoms with Gasteiger partial charge in [-0.2, -0.15) is 0 Å². The van der Waals surface area contributed by atoms with Gasteiger partial charge in [-0.05, 0) is 6.42 Å². The Morgan fingerprint density at radius 3 is 2.56 bits per heavy atom. The summed E-state index contributed by atoms with van der Waals surface area (Å²) in [7, 11) is 0.598. The van der Waals surface area contributed by atoms with Crippen LogP contribution in [0, 0.1) is 0 Å². The molecular formula is C8H19IN4O2S. The Labute approximate surface area is 114 Å². The van der Waals surface area contributed by atoms with Gasteiger partial charge in [0.25, 0.3) is 0 Å². The molecule has 2 N–H and O–H groups in total. The summed E-state index contributed by atoms with van der Waals surface area (Å²) in [5.41, 5.74) is 5.58. The quantitative estimate of drug-likeness (QED) is 0.418. The van der Waals surface area contributed by atoms with E-state index in [1.807, 2.05) is 0 Å². The summed E-state index contributed by atoms with van der Waals surface area (Å²) in [4.78, 5) is 5.76. The fourth-order valence-corrected chi connectivity index (χ4v) is 2.88. The maximum absolute atomic E-state index is 11.4. The third-order valence-corrected chi connectivity index (χ3v) is 4.24. The largest absolute Gasteiger partial charge is 0.370 e. The summed E-state index contributed by atoms with van der Waals surface area (Å²) < 4.78 is 24.3. The zero-order chi connectivity index (χ0) is 11.5. The summed E-state index contributed by atoms with van der Waals surface area (Å²) in [6, 6.07) is 0. The third-order valence-electron chi connectivity index (χ3n) is 2.28. The van der Waals surface area contributed by atoms with Crippen LogP contribution in [-0.2, 0) is 10.0 Å². The van der Waals surface area contributed by atoms with Crippen molar-refractivity contribution in [3.8, 4) is 0 Å². The molecule has 1 fully saturated rings. The highest BCUT2D eigenvalue weighted by atomic mass is 127. The van der Waals surface area contributed by atoms with Crippen LogP contribution in [0.2, 0.25) is 0 Å². The fourth-order valence-electron chi connectivity index (χ4n) is 1.36. The molecule has 1 saturated heterocycles. The summed E-state index contributed by atoms with van der Waals surface area (Å²) in [5, 5.41) is 0. The number of aliphatic imine (C=N–C) groups is 1. The van der Waals surface area contributed by atoms with Gasteiger partial charge in [-0.25, -0.2) is 12.7 Å². The predicted octanol–water partition coefficient (Wildman–Crippen LogP) is -0.484. The van der Waals surface area contributed by atoms with Crippen molar-refractivity contribution in [1.82, 2.24) is 9.21 Å². The van der Waals surface area contributed by atoms with E-state index < -0.39 is 10.0 Å². The van der Waals surface area contributed by atoms with E-state index in [0.29, 0.717) is 25.6 Å². The molecule has 1 aliphatic heterocycles. The SMILES string of the molecule is CN(C)C(N)=NCCN1CCCS1(=O)=O.I. The van der Waals surface area contributed by atoms with E-state index in [4.69, 9.17) is 5.73 Å². The highest BCUT2D eigenvalue weighted by Crippen LogP contribution is 2.12. The molecule has 0 aromatic carbocycles. The lowest BCUT2D eigenvalue weighted by Gasteiger charge is -2.14. The lowest BCUT2D eigenvalue weighted by atomic mass is 10.5. The van der Waals surface area contributed by atoms with E-state index in [2.05, 4.69) is 4.99 Å². The van der Waals surface area contributed by atoms with Crippen LogP contribution in [0.3, 0.4) is 0 Å². The molecule has 0 aromatic rings. The predicted molar refractivity (Wildman–Crippen MR) is 75.6 cm³/mol. The van der Waals surface area contributed by atoms with Crippen molar-refractivity contribution >= 4 is 40.0 Å². The van der Waals surface area contributed by atoms with Gasteiger partial charge in [-0.3, -0.25) is 4.99 Å². The maximum atomic E-state index is 11.4. The zero-order valence-electron chi connectivity index (χ0n) is 9.59. The van der Waals surface area contributed by atoms with Gasteiger partial charge >= 0.3 is 0 Å². The van der Waals surface area contributed by atoms with Gasteiger partial charge < -0.3 is 10.6 Å². The molecule has 0 radical (unpaired) electrons. The first-order valence-electron chi connectivity index (χ1n) is 4.88. The molecule has 0 aliphatic carbocycles. The molecule has 0 unspecified atom stereocenters. The molecule has 0 amide bonds. The number of guanidine groups is 1. The van der Waals surface area contributed by atoms with E-state index in [-0.39, 0.29) is 29.7 Å². The molecule has 1 aliphatic rings. The van der Waals surface area contributed by atoms with Gasteiger partial charge in [0, 0.05) is 27.2 Å². The molecule has 8 heteroatoms. The second kappa shape index (κ2) is 6.60. The van der Waals surface area contributed by atoms with Gasteiger partial charge in [-0.15, -0.1) is 24.0 Å². The summed E-state index contributed by atoms with van der Waals surface area (Å²) in [5.74, 6) is 0.687. The highest BCUT2D eigenvalue weighted by molar-refractivity contribution is 14.0. The summed E-state index contributed by atoms with van der Waals surface area (Å²) in [6.45, 7) is 1.46. The van der Waals surface area contributed by atoms with Crippen LogP contribution in [0.1, 0.15) is 6.42 Å². The third kappa shape index (κ3) is 4.42. The number of rotatable bonds is 3. The first-order chi connectivity index (χ1) is 6.93. The number of nitrogens with two attached hydrogens (primary N) is 1. The Morgan fingerprint density at radius 1 is 1.50 bits per heavy atom. The van der Waals surface area contributed by atoms with Gasteiger partial charge in [0.15, 0.2) is 5.96 Å². The van der Waals surface area contributed by atoms with E-state index in [0.717, 1.165) is 6.42 Å². The fraction of sp³-hybridized carbons (Fsp3) is 0.875. The Hall–Kier alpha value is -0.0900. The van der Waals surface area contributed by atoms with E-state index >= 15 is 0 Å². The average Bonchev–Trinajstić information content (AvgIpc) is 2.45. The van der Waals surface area contributed by atoms with Crippen LogP contribution in [-0.4, -0.2) is 63.1 Å². The van der Waals surface area contributed by atoms with Crippen LogP contribution >= 0.6 is 24.0 Å². The first-order valence-corrected chi connectivity index (χ1v) is 6.49. The van der Waals surface area contributed by atoms with Crippen molar-refractivity contribution < 1.29 is 8.42 Å². The Bertz CT molecular complexity index is 342. The van der Waals surface area contributed by atoms with Crippen molar-refractivity contribution in [3.05, 3.63) is 0 Å². The monoisotopic (exact) mass is 362 g/mol. The van der Waals surface area contributed by atoms with Gasteiger partial charge in [0.1, 0.15) is 0 Å². The standard InChI is InChI=1S/C8H18N4O2S.HI/c1-11(2)8(9)10-4-6-12-5-3-7-15(12,13)14;/h3-7H2,1-2H3,(H2,9,10);1H. The second-order valence-corrected chi connectivity index (χ2v) is 5.79. The molecule has 16 heavy (non-hydrogen) atoms. The van der Waals surface area contributed by atoms with Crippen LogP contribution in [0.15, 0.2) is 4.99 Å². The number of halogens is 1. The summed E-state index contributed by atoms with van der Waals surface area (Å²) in [6.07, 6.45) is 0.717. The molecule has 6 nitrogen and oxygen atoms in total. The van der Waals surface area contributed by atoms with Crippen LogP contribution < -0.4 is 5.73 Å². The minimum atomic E-state index is -3.00. The van der Waals surface area contributed by atoms with Gasteiger partial charge in [0.2, 0.25) is 10.0 Å². The topological polar surface area (TPSA) is 79.0 Å². The number of sulfonamides is 1. The first kappa shape index (κ1) is 15.9. The minimum absolute atomic E-state index is 0. The molecule has 0 aromatic heterocycles. The zero-order valence-corrected chi connectivity index (χ0v) is 12.7. The molecular weight excluding hydrogens is 343 g/mol. The van der Waals surface area contributed by atoms with Crippen molar-refractivity contribution in [2.24, 2.45) is 10.7 Å². The van der Waals surface area contributed by atoms with E-state index in [1.165, 1.54) is 4.31 Å². The average molecular weight is 362 g/mol. The van der Waals surface area contributed by atoms with Crippen LogP contribution in [0.25, 0.3) is 0 Å². The van der Waals surface area contributed by atoms with Gasteiger partial charge in [-0.1, -0.05) is 0 Å². The molecule has 0 atom stereocenters. The van der Waals surface area contributed by atoms with Crippen LogP contribution in [0.5, 0.6) is 0 Å². The molecule has 96 valence electrons. The molecule has 1 rings (SSSR count). The molecule has 0 spiro atoms. The minimum Gasteiger partial charge on any atom is -0.370 e. The molecule has 0 bridgehead atoms. The van der Waals surface area contributed by atoms with E-state index in [9.17, 15) is 8.42 Å². The Balaban J connectivity index is 0.00000225. The Kier molecular flexibility index (Phi) is 6.56. The summed E-state index contributed by atoms with van der Waals surface area (Å²) >= 11 is 0. The second-order valence-electron chi connectivity index (χ2n) is 3.70. The normalized spacial score (nSPS) is 20.5. The number of nitrogens with zero attached hydrogens (tertiary/aromatic N) is 3. The van der Waals surface area contributed by atoms with E-state index in [1.54, 1.807) is 19.0 Å². The lowest BCUT2D eigenvalue weighted by molar-refractivity contribution is 0.451. The van der Waals surface area contributed by atoms with Gasteiger partial charge in [0.05, 0.1) is 12.3 Å². The van der Waals surface area contributed by atoms with Crippen molar-refractivity contribution in [2.75, 3.05) is 39.5 Å². The maximum Gasteiger partial charge on any atom is 0.214 e. The lowest BCUT2D eigenvalue weighted by Crippen LogP contribution is -2.33. The highest BCUT2D eigenvalue weighted by Gasteiger charge is 2.27.